The summed E-state index contributed by atoms with van der Waals surface area (Å²) < 4.78 is 2.02. The molecule has 1 saturated carbocycles. The van der Waals surface area contributed by atoms with Crippen LogP contribution < -0.4 is 4.90 Å². The van der Waals surface area contributed by atoms with Gasteiger partial charge in [-0.2, -0.15) is 0 Å². The first-order valence-corrected chi connectivity index (χ1v) is 8.76. The molecule has 1 unspecified atom stereocenters. The number of nitrogens with zero attached hydrogens (tertiary/aromatic N) is 7. The first-order chi connectivity index (χ1) is 10.7. The maximum absolute atomic E-state index is 4.62. The van der Waals surface area contributed by atoms with Gasteiger partial charge in [0.15, 0.2) is 11.0 Å². The van der Waals surface area contributed by atoms with Crippen molar-refractivity contribution in [1.82, 2.24) is 30.1 Å². The van der Waals surface area contributed by atoms with E-state index in [1.807, 2.05) is 4.68 Å². The smallest absolute Gasteiger partial charge is 0.185 e. The van der Waals surface area contributed by atoms with Crippen molar-refractivity contribution < 1.29 is 0 Å². The number of aryl methyl sites for hydroxylation is 1. The van der Waals surface area contributed by atoms with Crippen molar-refractivity contribution in [3.05, 3.63) is 16.9 Å². The van der Waals surface area contributed by atoms with Gasteiger partial charge in [-0.15, -0.1) is 16.4 Å². The number of thiazole rings is 1. The van der Waals surface area contributed by atoms with Gasteiger partial charge in [-0.05, 0) is 37.1 Å². The van der Waals surface area contributed by atoms with Gasteiger partial charge in [0.05, 0.1) is 18.3 Å². The van der Waals surface area contributed by atoms with Crippen LogP contribution in [0.25, 0.3) is 0 Å². The third kappa shape index (κ3) is 2.72. The minimum atomic E-state index is 0.463. The number of piperazine rings is 1. The molecule has 2 fully saturated rings. The van der Waals surface area contributed by atoms with E-state index in [0.717, 1.165) is 42.8 Å². The number of hydrogen-bond donors (Lipinski definition) is 0. The van der Waals surface area contributed by atoms with Crippen molar-refractivity contribution in [2.75, 3.05) is 24.5 Å². The normalized spacial score (nSPS) is 23.2. The molecule has 0 amide bonds. The Morgan fingerprint density at radius 3 is 2.86 bits per heavy atom. The summed E-state index contributed by atoms with van der Waals surface area (Å²) in [6.07, 6.45) is 2.43. The van der Waals surface area contributed by atoms with Crippen LogP contribution in [0.4, 0.5) is 5.13 Å². The predicted octanol–water partition coefficient (Wildman–Crippen LogP) is 1.48. The molecule has 0 radical (unpaired) electrons. The molecule has 0 N–H and O–H groups in total. The van der Waals surface area contributed by atoms with E-state index in [9.17, 15) is 0 Å². The van der Waals surface area contributed by atoms with Gasteiger partial charge in [-0.1, -0.05) is 0 Å². The van der Waals surface area contributed by atoms with Crippen molar-refractivity contribution in [1.29, 1.82) is 0 Å². The highest BCUT2D eigenvalue weighted by molar-refractivity contribution is 7.13. The average molecular weight is 319 g/mol. The van der Waals surface area contributed by atoms with E-state index in [1.165, 1.54) is 12.8 Å². The lowest BCUT2D eigenvalue weighted by Gasteiger charge is -2.39. The number of hydrogen-bond acceptors (Lipinski definition) is 7. The van der Waals surface area contributed by atoms with Gasteiger partial charge < -0.3 is 4.90 Å². The van der Waals surface area contributed by atoms with Crippen molar-refractivity contribution in [3.63, 3.8) is 0 Å². The van der Waals surface area contributed by atoms with Crippen LogP contribution in [0.5, 0.6) is 0 Å². The summed E-state index contributed by atoms with van der Waals surface area (Å²) in [4.78, 5) is 9.49. The Bertz CT molecular complexity index is 647. The topological polar surface area (TPSA) is 63.0 Å². The van der Waals surface area contributed by atoms with Crippen molar-refractivity contribution in [2.45, 2.75) is 45.3 Å². The van der Waals surface area contributed by atoms with E-state index >= 15 is 0 Å². The maximum atomic E-state index is 4.62. The van der Waals surface area contributed by atoms with Crippen LogP contribution in [0.15, 0.2) is 5.38 Å². The SMILES string of the molecule is Cc1csc(N2CCN(Cc3nnnn3C3CC3)CC2C)n1. The zero-order chi connectivity index (χ0) is 15.1. The Kier molecular flexibility index (Phi) is 3.57. The summed E-state index contributed by atoms with van der Waals surface area (Å²) in [6, 6.07) is 1.01. The first kappa shape index (κ1) is 14.1. The van der Waals surface area contributed by atoms with Crippen molar-refractivity contribution in [3.8, 4) is 0 Å². The molecule has 7 nitrogen and oxygen atoms in total. The lowest BCUT2D eigenvalue weighted by molar-refractivity contribution is 0.212. The van der Waals surface area contributed by atoms with Crippen molar-refractivity contribution >= 4 is 16.5 Å². The van der Waals surface area contributed by atoms with E-state index in [4.69, 9.17) is 0 Å². The number of anilines is 1. The molecule has 8 heteroatoms. The van der Waals surface area contributed by atoms with Gasteiger partial charge in [0.1, 0.15) is 0 Å². The molecule has 4 rings (SSSR count). The monoisotopic (exact) mass is 319 g/mol. The molecule has 3 heterocycles. The van der Waals surface area contributed by atoms with Gasteiger partial charge in [0.25, 0.3) is 0 Å². The second kappa shape index (κ2) is 5.58. The van der Waals surface area contributed by atoms with E-state index in [0.29, 0.717) is 12.1 Å². The minimum absolute atomic E-state index is 0.463. The zero-order valence-corrected chi connectivity index (χ0v) is 13.8. The quantitative estimate of drug-likeness (QED) is 0.851. The van der Waals surface area contributed by atoms with Gasteiger partial charge in [-0.25, -0.2) is 9.67 Å². The van der Waals surface area contributed by atoms with E-state index in [1.54, 1.807) is 11.3 Å². The Morgan fingerprint density at radius 2 is 2.18 bits per heavy atom. The highest BCUT2D eigenvalue weighted by Crippen LogP contribution is 2.34. The van der Waals surface area contributed by atoms with Gasteiger partial charge >= 0.3 is 0 Å². The third-order valence-corrected chi connectivity index (χ3v) is 5.38. The first-order valence-electron chi connectivity index (χ1n) is 7.88. The van der Waals surface area contributed by atoms with Crippen LogP contribution in [0.3, 0.4) is 0 Å². The predicted molar refractivity (Wildman–Crippen MR) is 85.0 cm³/mol. The summed E-state index contributed by atoms with van der Waals surface area (Å²) in [5, 5.41) is 15.5. The summed E-state index contributed by atoms with van der Waals surface area (Å²) in [5.41, 5.74) is 1.11. The summed E-state index contributed by atoms with van der Waals surface area (Å²) in [6.45, 7) is 8.24. The van der Waals surface area contributed by atoms with E-state index in [2.05, 4.69) is 49.5 Å². The van der Waals surface area contributed by atoms with Crippen LogP contribution in [0.1, 0.15) is 37.3 Å². The standard InChI is InChI=1S/C14H21N7S/c1-10-9-22-14(15-10)20-6-5-19(7-11(20)2)8-13-16-17-18-21(13)12-3-4-12/h9,11-12H,3-8H2,1-2H3. The van der Waals surface area contributed by atoms with E-state index < -0.39 is 0 Å². The highest BCUT2D eigenvalue weighted by Gasteiger charge is 2.30. The van der Waals surface area contributed by atoms with E-state index in [-0.39, 0.29) is 0 Å². The summed E-state index contributed by atoms with van der Waals surface area (Å²) >= 11 is 1.74. The largest absolute Gasteiger partial charge is 0.343 e. The average Bonchev–Trinajstić information content (AvgIpc) is 3.09. The fraction of sp³-hybridized carbons (Fsp3) is 0.714. The van der Waals surface area contributed by atoms with Crippen molar-refractivity contribution in [2.24, 2.45) is 0 Å². The van der Waals surface area contributed by atoms with Crippen LogP contribution in [-0.4, -0.2) is 55.8 Å². The molecule has 1 aliphatic carbocycles. The molecule has 1 atom stereocenters. The number of rotatable bonds is 4. The molecule has 0 aromatic carbocycles. The van der Waals surface area contributed by atoms with Crippen LogP contribution in [0.2, 0.25) is 0 Å². The van der Waals surface area contributed by atoms with Crippen LogP contribution in [-0.2, 0) is 6.54 Å². The molecule has 0 bridgehead atoms. The molecular formula is C14H21N7S. The maximum Gasteiger partial charge on any atom is 0.185 e. The number of aromatic nitrogens is 5. The second-order valence-electron chi connectivity index (χ2n) is 6.32. The molecule has 2 aromatic heterocycles. The molecule has 2 aliphatic rings. The fourth-order valence-electron chi connectivity index (χ4n) is 3.05. The fourth-order valence-corrected chi connectivity index (χ4v) is 3.99. The van der Waals surface area contributed by atoms with Crippen LogP contribution >= 0.6 is 11.3 Å². The Labute approximate surface area is 133 Å². The number of tetrazole rings is 1. The van der Waals surface area contributed by atoms with Gasteiger partial charge in [-0.3, -0.25) is 4.90 Å². The summed E-state index contributed by atoms with van der Waals surface area (Å²) in [7, 11) is 0. The molecule has 0 spiro atoms. The second-order valence-corrected chi connectivity index (χ2v) is 7.16. The molecular weight excluding hydrogens is 298 g/mol. The van der Waals surface area contributed by atoms with Crippen LogP contribution in [0, 0.1) is 6.92 Å². The lowest BCUT2D eigenvalue weighted by atomic mass is 10.2. The molecule has 1 saturated heterocycles. The van der Waals surface area contributed by atoms with Gasteiger partial charge in [0.2, 0.25) is 0 Å². The Balaban J connectivity index is 1.41. The molecule has 1 aliphatic heterocycles. The highest BCUT2D eigenvalue weighted by atomic mass is 32.1. The molecule has 22 heavy (non-hydrogen) atoms. The molecule has 2 aromatic rings. The Hall–Kier alpha value is -1.54. The summed E-state index contributed by atoms with van der Waals surface area (Å²) in [5.74, 6) is 1.01. The third-order valence-electron chi connectivity index (χ3n) is 4.38. The molecule has 118 valence electrons. The lowest BCUT2D eigenvalue weighted by Crippen LogP contribution is -2.51. The minimum Gasteiger partial charge on any atom is -0.343 e. The van der Waals surface area contributed by atoms with Gasteiger partial charge in [0, 0.05) is 31.1 Å². The Morgan fingerprint density at radius 1 is 1.32 bits per heavy atom. The zero-order valence-electron chi connectivity index (χ0n) is 13.0.